The molecule has 22 heavy (non-hydrogen) atoms. The number of hydrogen-bond acceptors (Lipinski definition) is 5. The van der Waals surface area contributed by atoms with E-state index in [0.29, 0.717) is 23.5 Å². The van der Waals surface area contributed by atoms with Crippen molar-refractivity contribution in [3.05, 3.63) is 41.5 Å². The molecule has 0 saturated heterocycles. The molecule has 5 nitrogen and oxygen atoms in total. The van der Waals surface area contributed by atoms with Crippen LogP contribution in [0.5, 0.6) is 28.7 Å². The Hall–Kier alpha value is -2.56. The summed E-state index contributed by atoms with van der Waals surface area (Å²) in [6.07, 6.45) is 2.17. The maximum Gasteiger partial charge on any atom is 0.200 e. The number of rotatable bonds is 6. The maximum absolute atomic E-state index is 9.78. The van der Waals surface area contributed by atoms with Gasteiger partial charge in [0.15, 0.2) is 23.0 Å². The lowest BCUT2D eigenvalue weighted by Crippen LogP contribution is -1.94. The van der Waals surface area contributed by atoms with Gasteiger partial charge < -0.3 is 24.8 Å². The van der Waals surface area contributed by atoms with Crippen molar-refractivity contribution >= 4 is 0 Å². The monoisotopic (exact) mass is 304 g/mol. The van der Waals surface area contributed by atoms with Gasteiger partial charge in [-0.2, -0.15) is 0 Å². The first-order chi connectivity index (χ1) is 10.6. The Balaban J connectivity index is 2.01. The van der Waals surface area contributed by atoms with E-state index in [1.165, 1.54) is 6.07 Å². The first kappa shape index (κ1) is 15.8. The van der Waals surface area contributed by atoms with E-state index < -0.39 is 5.75 Å². The van der Waals surface area contributed by atoms with Crippen LogP contribution in [0.2, 0.25) is 0 Å². The molecule has 0 aliphatic carbocycles. The van der Waals surface area contributed by atoms with Crippen LogP contribution in [0.4, 0.5) is 0 Å². The van der Waals surface area contributed by atoms with Crippen LogP contribution in [-0.4, -0.2) is 29.5 Å². The molecule has 0 fully saturated rings. The molecule has 0 bridgehead atoms. The highest BCUT2D eigenvalue weighted by Gasteiger charge is 2.11. The fourth-order valence-corrected chi connectivity index (χ4v) is 2.33. The van der Waals surface area contributed by atoms with Crippen molar-refractivity contribution in [2.24, 2.45) is 0 Å². The molecule has 0 amide bonds. The molecule has 0 heterocycles. The smallest absolute Gasteiger partial charge is 0.200 e. The number of methoxy groups -OCH3 is 2. The molecule has 2 aromatic rings. The molecule has 5 heteroatoms. The van der Waals surface area contributed by atoms with Gasteiger partial charge in [-0.15, -0.1) is 0 Å². The Morgan fingerprint density at radius 2 is 1.55 bits per heavy atom. The Morgan fingerprint density at radius 3 is 2.23 bits per heavy atom. The Labute approximate surface area is 129 Å². The summed E-state index contributed by atoms with van der Waals surface area (Å²) in [4.78, 5) is 0. The van der Waals surface area contributed by atoms with Gasteiger partial charge in [-0.05, 0) is 48.6 Å². The van der Waals surface area contributed by atoms with Crippen LogP contribution in [-0.2, 0) is 12.8 Å². The van der Waals surface area contributed by atoms with E-state index in [2.05, 4.69) is 0 Å². The summed E-state index contributed by atoms with van der Waals surface area (Å²) in [5, 5.41) is 28.6. The first-order valence-corrected chi connectivity index (χ1v) is 7.00. The van der Waals surface area contributed by atoms with E-state index in [-0.39, 0.29) is 11.5 Å². The molecule has 0 radical (unpaired) electrons. The Bertz CT molecular complexity index is 652. The average Bonchev–Trinajstić information content (AvgIpc) is 2.54. The van der Waals surface area contributed by atoms with E-state index >= 15 is 0 Å². The number of hydrogen-bond donors (Lipinski definition) is 3. The lowest BCUT2D eigenvalue weighted by molar-refractivity contribution is 0.354. The predicted molar refractivity (Wildman–Crippen MR) is 83.0 cm³/mol. The quantitative estimate of drug-likeness (QED) is 0.715. The Morgan fingerprint density at radius 1 is 0.818 bits per heavy atom. The van der Waals surface area contributed by atoms with Crippen molar-refractivity contribution in [2.75, 3.05) is 14.2 Å². The fourth-order valence-electron chi connectivity index (χ4n) is 2.33. The molecule has 0 saturated carbocycles. The second-order valence-corrected chi connectivity index (χ2v) is 4.98. The summed E-state index contributed by atoms with van der Waals surface area (Å²) in [6, 6.07) is 8.74. The third-order valence-electron chi connectivity index (χ3n) is 3.57. The minimum absolute atomic E-state index is 0.257. The largest absolute Gasteiger partial charge is 0.504 e. The number of aryl methyl sites for hydroxylation is 2. The first-order valence-electron chi connectivity index (χ1n) is 7.00. The topological polar surface area (TPSA) is 79.2 Å². The Kier molecular flexibility index (Phi) is 4.99. The van der Waals surface area contributed by atoms with Gasteiger partial charge >= 0.3 is 0 Å². The zero-order valence-electron chi connectivity index (χ0n) is 12.7. The van der Waals surface area contributed by atoms with Crippen LogP contribution in [0.3, 0.4) is 0 Å². The van der Waals surface area contributed by atoms with E-state index in [4.69, 9.17) is 9.47 Å². The minimum atomic E-state index is -0.469. The summed E-state index contributed by atoms with van der Waals surface area (Å²) in [5.41, 5.74) is 1.70. The van der Waals surface area contributed by atoms with Crippen molar-refractivity contribution in [2.45, 2.75) is 19.3 Å². The minimum Gasteiger partial charge on any atom is -0.504 e. The van der Waals surface area contributed by atoms with Crippen LogP contribution < -0.4 is 9.47 Å². The SMILES string of the molecule is COc1ccc(CCCc2ccc(O)c(O)c2O)cc1OC. The van der Waals surface area contributed by atoms with E-state index in [1.54, 1.807) is 20.3 Å². The second-order valence-electron chi connectivity index (χ2n) is 4.98. The number of phenolic OH excluding ortho intramolecular Hbond substituents is 3. The van der Waals surface area contributed by atoms with Gasteiger partial charge in [-0.25, -0.2) is 0 Å². The number of phenols is 3. The van der Waals surface area contributed by atoms with Gasteiger partial charge in [0.1, 0.15) is 0 Å². The number of benzene rings is 2. The molecule has 2 rings (SSSR count). The normalized spacial score (nSPS) is 10.5. The van der Waals surface area contributed by atoms with Crippen molar-refractivity contribution in [1.29, 1.82) is 0 Å². The molecule has 0 atom stereocenters. The van der Waals surface area contributed by atoms with Gasteiger partial charge in [0.2, 0.25) is 5.75 Å². The molecule has 0 spiro atoms. The van der Waals surface area contributed by atoms with Gasteiger partial charge in [0.05, 0.1) is 14.2 Å². The van der Waals surface area contributed by atoms with Gasteiger partial charge in [-0.3, -0.25) is 0 Å². The number of ether oxygens (including phenoxy) is 2. The third-order valence-corrected chi connectivity index (χ3v) is 3.57. The van der Waals surface area contributed by atoms with Crippen LogP contribution in [0.1, 0.15) is 17.5 Å². The molecule has 3 N–H and O–H groups in total. The third kappa shape index (κ3) is 3.36. The van der Waals surface area contributed by atoms with Crippen molar-refractivity contribution < 1.29 is 24.8 Å². The molecular weight excluding hydrogens is 284 g/mol. The molecule has 0 unspecified atom stereocenters. The zero-order valence-corrected chi connectivity index (χ0v) is 12.7. The lowest BCUT2D eigenvalue weighted by atomic mass is 10.0. The molecule has 0 aromatic heterocycles. The summed E-state index contributed by atoms with van der Waals surface area (Å²) in [6.45, 7) is 0. The van der Waals surface area contributed by atoms with Crippen LogP contribution >= 0.6 is 0 Å². The highest BCUT2D eigenvalue weighted by atomic mass is 16.5. The van der Waals surface area contributed by atoms with E-state index in [1.807, 2.05) is 18.2 Å². The summed E-state index contributed by atoms with van der Waals surface area (Å²) in [5.74, 6) is 0.328. The fraction of sp³-hybridized carbons (Fsp3) is 0.294. The summed E-state index contributed by atoms with van der Waals surface area (Å²) in [7, 11) is 3.19. The molecule has 0 aliphatic heterocycles. The average molecular weight is 304 g/mol. The maximum atomic E-state index is 9.78. The highest BCUT2D eigenvalue weighted by molar-refractivity contribution is 5.53. The molecule has 118 valence electrons. The van der Waals surface area contributed by atoms with E-state index in [0.717, 1.165) is 18.4 Å². The van der Waals surface area contributed by atoms with Crippen molar-refractivity contribution in [1.82, 2.24) is 0 Å². The zero-order chi connectivity index (χ0) is 16.1. The molecule has 2 aromatic carbocycles. The van der Waals surface area contributed by atoms with Crippen molar-refractivity contribution in [3.8, 4) is 28.7 Å². The van der Waals surface area contributed by atoms with Gasteiger partial charge in [-0.1, -0.05) is 12.1 Å². The van der Waals surface area contributed by atoms with E-state index in [9.17, 15) is 15.3 Å². The van der Waals surface area contributed by atoms with Gasteiger partial charge in [0.25, 0.3) is 0 Å². The number of aromatic hydroxyl groups is 3. The van der Waals surface area contributed by atoms with Crippen LogP contribution in [0, 0.1) is 0 Å². The second kappa shape index (κ2) is 6.93. The summed E-state index contributed by atoms with van der Waals surface area (Å²) >= 11 is 0. The highest BCUT2D eigenvalue weighted by Crippen LogP contribution is 2.37. The summed E-state index contributed by atoms with van der Waals surface area (Å²) < 4.78 is 10.5. The van der Waals surface area contributed by atoms with Gasteiger partial charge in [0, 0.05) is 0 Å². The van der Waals surface area contributed by atoms with Crippen LogP contribution in [0.25, 0.3) is 0 Å². The lowest BCUT2D eigenvalue weighted by Gasteiger charge is -2.10. The molecular formula is C17H20O5. The predicted octanol–water partition coefficient (Wildman–Crippen LogP) is 3.00. The van der Waals surface area contributed by atoms with Crippen molar-refractivity contribution in [3.63, 3.8) is 0 Å². The standard InChI is InChI=1S/C17H20O5/c1-21-14-9-6-11(10-15(14)22-2)4-3-5-12-7-8-13(18)17(20)16(12)19/h6-10,18-20H,3-5H2,1-2H3. The molecule has 0 aliphatic rings. The van der Waals surface area contributed by atoms with Crippen LogP contribution in [0.15, 0.2) is 30.3 Å².